The second kappa shape index (κ2) is 8.66. The Labute approximate surface area is 160 Å². The van der Waals surface area contributed by atoms with Crippen LogP contribution in [0, 0.1) is 6.92 Å². The third kappa shape index (κ3) is 5.06. The molecule has 1 saturated heterocycles. The Bertz CT molecular complexity index is 769. The van der Waals surface area contributed by atoms with Gasteiger partial charge in [0.15, 0.2) is 0 Å². The highest BCUT2D eigenvalue weighted by Crippen LogP contribution is 2.20. The average molecular weight is 366 g/mol. The normalized spacial score (nSPS) is 15.3. The number of rotatable bonds is 5. The zero-order chi connectivity index (χ0) is 19.2. The monoisotopic (exact) mass is 366 g/mol. The van der Waals surface area contributed by atoms with Crippen molar-refractivity contribution in [3.8, 4) is 0 Å². The van der Waals surface area contributed by atoms with Crippen molar-refractivity contribution < 1.29 is 9.59 Å². The number of aryl methyl sites for hydroxylation is 1. The minimum Gasteiger partial charge on any atom is -0.368 e. The second-order valence-electron chi connectivity index (χ2n) is 6.94. The van der Waals surface area contributed by atoms with Crippen LogP contribution in [0.4, 0.5) is 5.69 Å². The molecule has 1 unspecified atom stereocenters. The molecular weight excluding hydrogens is 340 g/mol. The molecule has 1 aromatic heterocycles. The molecule has 142 valence electrons. The number of amides is 2. The Hall–Kier alpha value is -2.89. The summed E-state index contributed by atoms with van der Waals surface area (Å²) in [4.78, 5) is 32.6. The van der Waals surface area contributed by atoms with Crippen molar-refractivity contribution in [2.75, 3.05) is 31.1 Å². The van der Waals surface area contributed by atoms with Crippen LogP contribution in [0.25, 0.3) is 0 Å². The van der Waals surface area contributed by atoms with Crippen LogP contribution in [0.15, 0.2) is 48.8 Å². The first kappa shape index (κ1) is 18.9. The number of aromatic nitrogens is 1. The molecular formula is C21H26N4O2. The summed E-state index contributed by atoms with van der Waals surface area (Å²) in [6.45, 7) is 6.46. The van der Waals surface area contributed by atoms with Gasteiger partial charge in [-0.15, -0.1) is 0 Å². The summed E-state index contributed by atoms with van der Waals surface area (Å²) in [6.07, 6.45) is 3.84. The molecule has 1 N–H and O–H groups in total. The van der Waals surface area contributed by atoms with Gasteiger partial charge in [0.1, 0.15) is 0 Å². The van der Waals surface area contributed by atoms with Gasteiger partial charge in [0.25, 0.3) is 0 Å². The van der Waals surface area contributed by atoms with E-state index < -0.39 is 0 Å². The number of anilines is 1. The van der Waals surface area contributed by atoms with Crippen molar-refractivity contribution in [2.45, 2.75) is 26.3 Å². The number of hydrogen-bond donors (Lipinski definition) is 1. The molecule has 1 aliphatic rings. The molecule has 27 heavy (non-hydrogen) atoms. The maximum atomic E-state index is 12.8. The lowest BCUT2D eigenvalue weighted by atomic mass is 10.0. The summed E-state index contributed by atoms with van der Waals surface area (Å²) < 4.78 is 0. The fourth-order valence-corrected chi connectivity index (χ4v) is 3.37. The van der Waals surface area contributed by atoms with Crippen LogP contribution in [0.1, 0.15) is 30.5 Å². The van der Waals surface area contributed by atoms with Crippen molar-refractivity contribution in [1.82, 2.24) is 15.2 Å². The predicted molar refractivity (Wildman–Crippen MR) is 105 cm³/mol. The first-order chi connectivity index (χ1) is 13.0. The quantitative estimate of drug-likeness (QED) is 0.882. The van der Waals surface area contributed by atoms with Crippen LogP contribution in [0.3, 0.4) is 0 Å². The van der Waals surface area contributed by atoms with Crippen LogP contribution in [0.5, 0.6) is 0 Å². The molecule has 0 spiro atoms. The summed E-state index contributed by atoms with van der Waals surface area (Å²) in [5.41, 5.74) is 3.24. The molecule has 0 saturated carbocycles. The van der Waals surface area contributed by atoms with Gasteiger partial charge in [0.2, 0.25) is 11.8 Å². The Morgan fingerprint density at radius 2 is 1.67 bits per heavy atom. The van der Waals surface area contributed by atoms with Crippen LogP contribution in [0.2, 0.25) is 0 Å². The standard InChI is InChI=1S/C21H26N4O2/c1-16-3-5-18(6-4-16)20(23-17(2)26)15-21(27)25-13-11-24(12-14-25)19-7-9-22-10-8-19/h3-10,20H,11-15H2,1-2H3,(H,23,26). The lowest BCUT2D eigenvalue weighted by Gasteiger charge is -2.36. The van der Waals surface area contributed by atoms with E-state index in [4.69, 9.17) is 0 Å². The third-order valence-corrected chi connectivity index (χ3v) is 4.90. The van der Waals surface area contributed by atoms with E-state index in [9.17, 15) is 9.59 Å². The van der Waals surface area contributed by atoms with E-state index in [-0.39, 0.29) is 24.3 Å². The smallest absolute Gasteiger partial charge is 0.225 e. The fourth-order valence-electron chi connectivity index (χ4n) is 3.37. The molecule has 3 rings (SSSR count). The van der Waals surface area contributed by atoms with Crippen LogP contribution >= 0.6 is 0 Å². The van der Waals surface area contributed by atoms with Crippen molar-refractivity contribution >= 4 is 17.5 Å². The van der Waals surface area contributed by atoms with Crippen LogP contribution in [-0.2, 0) is 9.59 Å². The van der Waals surface area contributed by atoms with Crippen molar-refractivity contribution in [2.24, 2.45) is 0 Å². The van der Waals surface area contributed by atoms with Gasteiger partial charge in [-0.2, -0.15) is 0 Å². The summed E-state index contributed by atoms with van der Waals surface area (Å²) in [5.74, 6) is -0.0559. The van der Waals surface area contributed by atoms with Crippen molar-refractivity contribution in [3.05, 3.63) is 59.9 Å². The van der Waals surface area contributed by atoms with Crippen molar-refractivity contribution in [3.63, 3.8) is 0 Å². The van der Waals surface area contributed by atoms with E-state index in [1.807, 2.05) is 48.2 Å². The van der Waals surface area contributed by atoms with Crippen LogP contribution < -0.4 is 10.2 Å². The minimum atomic E-state index is -0.297. The van der Waals surface area contributed by atoms with Crippen LogP contribution in [-0.4, -0.2) is 47.9 Å². The lowest BCUT2D eigenvalue weighted by molar-refractivity contribution is -0.132. The third-order valence-electron chi connectivity index (χ3n) is 4.90. The van der Waals surface area contributed by atoms with E-state index >= 15 is 0 Å². The summed E-state index contributed by atoms with van der Waals surface area (Å²) in [5, 5.41) is 2.92. The SMILES string of the molecule is CC(=O)NC(CC(=O)N1CCN(c2ccncc2)CC1)c1ccc(C)cc1. The second-order valence-corrected chi connectivity index (χ2v) is 6.94. The van der Waals surface area contributed by atoms with Gasteiger partial charge in [-0.1, -0.05) is 29.8 Å². The number of pyridine rings is 1. The molecule has 1 fully saturated rings. The van der Waals surface area contributed by atoms with Gasteiger partial charge in [0, 0.05) is 51.2 Å². The first-order valence-electron chi connectivity index (χ1n) is 9.29. The largest absolute Gasteiger partial charge is 0.368 e. The average Bonchev–Trinajstić information content (AvgIpc) is 2.68. The highest BCUT2D eigenvalue weighted by atomic mass is 16.2. The maximum Gasteiger partial charge on any atom is 0.225 e. The number of benzene rings is 1. The van der Waals surface area contributed by atoms with Gasteiger partial charge in [-0.3, -0.25) is 14.6 Å². The van der Waals surface area contributed by atoms with Gasteiger partial charge >= 0.3 is 0 Å². The summed E-state index contributed by atoms with van der Waals surface area (Å²) in [7, 11) is 0. The Balaban J connectivity index is 1.61. The van der Waals surface area contributed by atoms with Gasteiger partial charge < -0.3 is 15.1 Å². The molecule has 0 bridgehead atoms. The van der Waals surface area contributed by atoms with Gasteiger partial charge in [0.05, 0.1) is 12.5 Å². The van der Waals surface area contributed by atoms with E-state index in [0.29, 0.717) is 13.1 Å². The number of nitrogens with zero attached hydrogens (tertiary/aromatic N) is 3. The Morgan fingerprint density at radius 1 is 1.04 bits per heavy atom. The van der Waals surface area contributed by atoms with Gasteiger partial charge in [-0.05, 0) is 24.6 Å². The number of carbonyl (C=O) groups excluding carboxylic acids is 2. The molecule has 6 heteroatoms. The van der Waals surface area contributed by atoms with Gasteiger partial charge in [-0.25, -0.2) is 0 Å². The molecule has 0 radical (unpaired) electrons. The summed E-state index contributed by atoms with van der Waals surface area (Å²) in [6, 6.07) is 11.6. The molecule has 0 aliphatic carbocycles. The number of nitrogens with one attached hydrogen (secondary N) is 1. The molecule has 2 amide bonds. The van der Waals surface area contributed by atoms with E-state index in [1.54, 1.807) is 12.4 Å². The minimum absolute atomic E-state index is 0.0729. The highest BCUT2D eigenvalue weighted by Gasteiger charge is 2.25. The topological polar surface area (TPSA) is 65.5 Å². The molecule has 2 aromatic rings. The highest BCUT2D eigenvalue weighted by molar-refractivity contribution is 5.79. The molecule has 2 heterocycles. The first-order valence-corrected chi connectivity index (χ1v) is 9.29. The molecule has 1 aliphatic heterocycles. The molecule has 1 aromatic carbocycles. The molecule has 6 nitrogen and oxygen atoms in total. The Kier molecular flexibility index (Phi) is 6.06. The Morgan fingerprint density at radius 3 is 2.26 bits per heavy atom. The molecule has 1 atom stereocenters. The predicted octanol–water partition coefficient (Wildman–Crippen LogP) is 2.31. The fraction of sp³-hybridized carbons (Fsp3) is 0.381. The lowest BCUT2D eigenvalue weighted by Crippen LogP contribution is -2.49. The van der Waals surface area contributed by atoms with E-state index in [1.165, 1.54) is 6.92 Å². The summed E-state index contributed by atoms with van der Waals surface area (Å²) >= 11 is 0. The zero-order valence-corrected chi connectivity index (χ0v) is 15.9. The van der Waals surface area contributed by atoms with E-state index in [2.05, 4.69) is 15.2 Å². The number of hydrogen-bond acceptors (Lipinski definition) is 4. The zero-order valence-electron chi connectivity index (χ0n) is 15.9. The van der Waals surface area contributed by atoms with E-state index in [0.717, 1.165) is 29.9 Å². The number of carbonyl (C=O) groups is 2. The number of piperazine rings is 1. The van der Waals surface area contributed by atoms with Crippen molar-refractivity contribution in [1.29, 1.82) is 0 Å². The maximum absolute atomic E-state index is 12.8.